The number of piperidine rings is 1. The maximum Gasteiger partial charge on any atom is 0.164 e. The third kappa shape index (κ3) is 6.30. The second kappa shape index (κ2) is 10.1. The molecule has 0 aromatic heterocycles. The zero-order chi connectivity index (χ0) is 18.0. The van der Waals surface area contributed by atoms with Crippen molar-refractivity contribution in [3.63, 3.8) is 0 Å². The first-order valence-electron chi connectivity index (χ1n) is 9.73. The Morgan fingerprint density at radius 3 is 2.88 bits per heavy atom. The van der Waals surface area contributed by atoms with Gasteiger partial charge in [-0.3, -0.25) is 14.7 Å². The summed E-state index contributed by atoms with van der Waals surface area (Å²) in [5.41, 5.74) is 1.33. The number of hydrogen-bond donors (Lipinski definition) is 1. The highest BCUT2D eigenvalue weighted by molar-refractivity contribution is 6.08. The average molecular weight is 355 g/mol. The second-order valence-electron chi connectivity index (χ2n) is 6.99. The Kier molecular flexibility index (Phi) is 7.25. The first kappa shape index (κ1) is 18.6. The molecule has 0 saturated carbocycles. The molecular formula is C21H29N3O2. The van der Waals surface area contributed by atoms with Crippen LogP contribution >= 0.6 is 0 Å². The van der Waals surface area contributed by atoms with E-state index < -0.39 is 0 Å². The molecule has 1 saturated heterocycles. The summed E-state index contributed by atoms with van der Waals surface area (Å²) in [4.78, 5) is 18.2. The van der Waals surface area contributed by atoms with E-state index in [9.17, 15) is 4.79 Å². The Morgan fingerprint density at radius 2 is 2.04 bits per heavy atom. The van der Waals surface area contributed by atoms with Crippen LogP contribution in [0.2, 0.25) is 0 Å². The number of nitrogens with zero attached hydrogens (tertiary/aromatic N) is 2. The van der Waals surface area contributed by atoms with Crippen molar-refractivity contribution in [1.29, 1.82) is 0 Å². The first-order valence-corrected chi connectivity index (χ1v) is 9.73. The van der Waals surface area contributed by atoms with Gasteiger partial charge in [-0.25, -0.2) is 0 Å². The molecule has 0 unspecified atom stereocenters. The number of amidine groups is 1. The Labute approximate surface area is 156 Å². The van der Waals surface area contributed by atoms with Crippen LogP contribution in [0.4, 0.5) is 0 Å². The lowest BCUT2D eigenvalue weighted by Gasteiger charge is -2.26. The van der Waals surface area contributed by atoms with Gasteiger partial charge in [-0.15, -0.1) is 0 Å². The van der Waals surface area contributed by atoms with Gasteiger partial charge in [0.05, 0.1) is 13.0 Å². The summed E-state index contributed by atoms with van der Waals surface area (Å²) in [5, 5.41) is 3.02. The highest BCUT2D eigenvalue weighted by Crippen LogP contribution is 2.17. The molecule has 0 atom stereocenters. The lowest BCUT2D eigenvalue weighted by molar-refractivity contribution is -0.113. The molecule has 2 heterocycles. The molecule has 0 aliphatic carbocycles. The second-order valence-corrected chi connectivity index (χ2v) is 6.99. The number of likely N-dealkylation sites (tertiary alicyclic amines) is 1. The maximum atomic E-state index is 11.3. The Hall–Kier alpha value is -2.14. The van der Waals surface area contributed by atoms with E-state index in [2.05, 4.69) is 33.4 Å². The smallest absolute Gasteiger partial charge is 0.164 e. The molecule has 5 nitrogen and oxygen atoms in total. The summed E-state index contributed by atoms with van der Waals surface area (Å²) in [6.45, 7) is 4.87. The normalized spacial score (nSPS) is 19.5. The summed E-state index contributed by atoms with van der Waals surface area (Å²) in [5.74, 6) is 1.83. The number of hydrogen-bond acceptors (Lipinski definition) is 4. The molecule has 1 fully saturated rings. The number of benzene rings is 1. The topological polar surface area (TPSA) is 53.9 Å². The van der Waals surface area contributed by atoms with E-state index in [0.29, 0.717) is 13.0 Å². The Morgan fingerprint density at radius 1 is 1.15 bits per heavy atom. The molecule has 3 rings (SSSR count). The number of carbonyl (C=O) groups excluding carboxylic acids is 1. The lowest BCUT2D eigenvalue weighted by Crippen LogP contribution is -2.29. The fraction of sp³-hybridized carbons (Fsp3) is 0.524. The summed E-state index contributed by atoms with van der Waals surface area (Å²) in [6, 6.07) is 8.47. The van der Waals surface area contributed by atoms with Crippen molar-refractivity contribution in [3.8, 4) is 5.75 Å². The number of nitrogens with one attached hydrogen (secondary N) is 1. The van der Waals surface area contributed by atoms with E-state index >= 15 is 0 Å². The molecule has 26 heavy (non-hydrogen) atoms. The highest BCUT2D eigenvalue weighted by atomic mass is 16.5. The van der Waals surface area contributed by atoms with Crippen LogP contribution in [0.15, 0.2) is 41.5 Å². The van der Waals surface area contributed by atoms with Gasteiger partial charge in [0.1, 0.15) is 11.6 Å². The molecule has 5 heteroatoms. The van der Waals surface area contributed by atoms with E-state index in [1.807, 2.05) is 6.07 Å². The van der Waals surface area contributed by atoms with Gasteiger partial charge in [0.25, 0.3) is 0 Å². The minimum atomic E-state index is 0.107. The first-order chi connectivity index (χ1) is 12.8. The van der Waals surface area contributed by atoms with E-state index in [1.54, 1.807) is 12.3 Å². The Bertz CT molecular complexity index is 648. The molecule has 1 aromatic rings. The summed E-state index contributed by atoms with van der Waals surface area (Å²) >= 11 is 0. The van der Waals surface area contributed by atoms with Gasteiger partial charge in [0, 0.05) is 19.3 Å². The maximum absolute atomic E-state index is 11.3. The monoisotopic (exact) mass is 355 g/mol. The minimum Gasteiger partial charge on any atom is -0.494 e. The molecule has 0 spiro atoms. The minimum absolute atomic E-state index is 0.107. The van der Waals surface area contributed by atoms with Crippen LogP contribution in [0, 0.1) is 0 Å². The van der Waals surface area contributed by atoms with Gasteiger partial charge in [0.15, 0.2) is 5.78 Å². The van der Waals surface area contributed by atoms with E-state index in [0.717, 1.165) is 37.5 Å². The van der Waals surface area contributed by atoms with Gasteiger partial charge >= 0.3 is 0 Å². The van der Waals surface area contributed by atoms with Crippen molar-refractivity contribution in [2.45, 2.75) is 45.1 Å². The third-order valence-electron chi connectivity index (χ3n) is 4.74. The zero-order valence-corrected chi connectivity index (χ0v) is 15.5. The van der Waals surface area contributed by atoms with E-state index in [4.69, 9.17) is 4.74 Å². The van der Waals surface area contributed by atoms with Gasteiger partial charge in [0.2, 0.25) is 0 Å². The van der Waals surface area contributed by atoms with Crippen molar-refractivity contribution in [3.05, 3.63) is 42.1 Å². The van der Waals surface area contributed by atoms with Crippen LogP contribution in [-0.2, 0) is 11.3 Å². The van der Waals surface area contributed by atoms with Crippen LogP contribution in [0.3, 0.4) is 0 Å². The van der Waals surface area contributed by atoms with Crippen molar-refractivity contribution in [1.82, 2.24) is 10.2 Å². The summed E-state index contributed by atoms with van der Waals surface area (Å²) < 4.78 is 5.90. The molecule has 140 valence electrons. The summed E-state index contributed by atoms with van der Waals surface area (Å²) in [7, 11) is 0. The van der Waals surface area contributed by atoms with Crippen LogP contribution in [-0.4, -0.2) is 42.8 Å². The lowest BCUT2D eigenvalue weighted by atomic mass is 10.1. The molecule has 2 aliphatic heterocycles. The predicted octanol–water partition coefficient (Wildman–Crippen LogP) is 3.31. The predicted molar refractivity (Wildman–Crippen MR) is 105 cm³/mol. The van der Waals surface area contributed by atoms with Crippen LogP contribution in [0.25, 0.3) is 0 Å². The molecule has 0 amide bonds. The van der Waals surface area contributed by atoms with Crippen molar-refractivity contribution < 1.29 is 9.53 Å². The SMILES string of the molecule is O=C1C=CNC(=NCCCCOc2cccc(CN3CCCCC3)c2)C1. The fourth-order valence-electron chi connectivity index (χ4n) is 3.33. The standard InChI is InChI=1S/C21H29N3O2/c25-19-9-11-23-21(16-19)22-10-2-5-14-26-20-8-6-7-18(15-20)17-24-12-3-1-4-13-24/h6-9,11,15H,1-5,10,12-14,16-17H2,(H,22,23). The van der Waals surface area contributed by atoms with Crippen LogP contribution in [0.1, 0.15) is 44.1 Å². The van der Waals surface area contributed by atoms with Gasteiger partial charge in [-0.2, -0.15) is 0 Å². The number of ketones is 1. The van der Waals surface area contributed by atoms with Crippen molar-refractivity contribution in [2.24, 2.45) is 4.99 Å². The molecule has 2 aliphatic rings. The quantitative estimate of drug-likeness (QED) is 0.727. The number of ether oxygens (including phenoxy) is 1. The number of unbranched alkanes of at least 4 members (excludes halogenated alkanes) is 1. The van der Waals surface area contributed by atoms with Gasteiger partial charge in [-0.05, 0) is 62.5 Å². The fourth-order valence-corrected chi connectivity index (χ4v) is 3.33. The van der Waals surface area contributed by atoms with Crippen LogP contribution in [0.5, 0.6) is 5.75 Å². The van der Waals surface area contributed by atoms with Crippen molar-refractivity contribution in [2.75, 3.05) is 26.2 Å². The molecule has 1 aromatic carbocycles. The van der Waals surface area contributed by atoms with Crippen LogP contribution < -0.4 is 10.1 Å². The van der Waals surface area contributed by atoms with E-state index in [-0.39, 0.29) is 5.78 Å². The molecule has 0 bridgehead atoms. The molecule has 1 N–H and O–H groups in total. The zero-order valence-electron chi connectivity index (χ0n) is 15.5. The largest absolute Gasteiger partial charge is 0.494 e. The Balaban J connectivity index is 1.34. The third-order valence-corrected chi connectivity index (χ3v) is 4.74. The van der Waals surface area contributed by atoms with Gasteiger partial charge < -0.3 is 10.1 Å². The number of allylic oxidation sites excluding steroid dienone is 1. The number of rotatable bonds is 8. The average Bonchev–Trinajstić information content (AvgIpc) is 2.66. The van der Waals surface area contributed by atoms with Gasteiger partial charge in [-0.1, -0.05) is 18.6 Å². The number of carbonyl (C=O) groups is 1. The number of aliphatic imine (C=N–C) groups is 1. The van der Waals surface area contributed by atoms with E-state index in [1.165, 1.54) is 37.9 Å². The summed E-state index contributed by atoms with van der Waals surface area (Å²) in [6.07, 6.45) is 9.51. The highest BCUT2D eigenvalue weighted by Gasteiger charge is 2.10. The van der Waals surface area contributed by atoms with Crippen molar-refractivity contribution >= 4 is 11.6 Å². The molecule has 0 radical (unpaired) electrons. The molecular weight excluding hydrogens is 326 g/mol.